The van der Waals surface area contributed by atoms with E-state index in [0.717, 1.165) is 20.3 Å². The first-order valence-corrected chi connectivity index (χ1v) is 25.0. The smallest absolute Gasteiger partial charge is 0.0533 e. The third kappa shape index (κ3) is 9.56. The SMILES string of the molecule is CC(C)(C)c1ccc2c(c1)[cH-]c1cc(C(C)(C)C)ccc12.[Cl][Zr]([Cl])=[C](c1ccccc1)c1ccccc1.c1cc(C2CCCCC2)c[cH-]1. The molecule has 0 unspecified atom stereocenters. The van der Waals surface area contributed by atoms with Crippen molar-refractivity contribution in [2.24, 2.45) is 0 Å². The normalized spacial score (nSPS) is 13.8. The second-order valence-corrected chi connectivity index (χ2v) is 23.3. The number of hydrogen-bond donors (Lipinski definition) is 0. The standard InChI is InChI=1S/C21H25.C13H10.C11H15.2ClH.Zr/c1-20(2,3)16-7-9-18-14(12-16)11-15-13-17(21(4,5)6)8-10-19(15)18;1-3-7-12(8-4-1)11-13-9-5-2-6-10-13;1-2-6-10(7-3-1)11-8-4-5-9-11;;;/h7-13H,1-6H3;1-10H;4-5,8-10H,1-3,6-7H2;2*1H;/q-1;;-1;;;+2/p-2. The Kier molecular flexibility index (Phi) is 12.6. The summed E-state index contributed by atoms with van der Waals surface area (Å²) in [5.41, 5.74) is 7.08. The molecule has 1 saturated carbocycles. The van der Waals surface area contributed by atoms with Crippen molar-refractivity contribution in [2.45, 2.75) is 90.4 Å². The Hall–Kier alpha value is -2.57. The molecule has 0 amide bonds. The molecular weight excluding hydrogens is 703 g/mol. The van der Waals surface area contributed by atoms with Gasteiger partial charge in [0.05, 0.1) is 0 Å². The van der Waals surface area contributed by atoms with E-state index in [1.165, 1.54) is 64.8 Å². The summed E-state index contributed by atoms with van der Waals surface area (Å²) < 4.78 is 1.15. The predicted molar refractivity (Wildman–Crippen MR) is 210 cm³/mol. The minimum atomic E-state index is -2.44. The van der Waals surface area contributed by atoms with E-state index in [-0.39, 0.29) is 10.8 Å². The van der Waals surface area contributed by atoms with Crippen LogP contribution in [0, 0.1) is 0 Å². The van der Waals surface area contributed by atoms with Crippen molar-refractivity contribution in [1.29, 1.82) is 0 Å². The van der Waals surface area contributed by atoms with Gasteiger partial charge in [0.1, 0.15) is 0 Å². The van der Waals surface area contributed by atoms with Crippen molar-refractivity contribution in [3.63, 3.8) is 0 Å². The molecule has 0 radical (unpaired) electrons. The van der Waals surface area contributed by atoms with Gasteiger partial charge < -0.3 is 0 Å². The minimum Gasteiger partial charge on any atom is -0.210 e. The second kappa shape index (κ2) is 16.4. The summed E-state index contributed by atoms with van der Waals surface area (Å²) in [5.74, 6) is 0.888. The molecule has 1 aliphatic carbocycles. The number of hydrogen-bond acceptors (Lipinski definition) is 0. The zero-order chi connectivity index (χ0) is 34.3. The summed E-state index contributed by atoms with van der Waals surface area (Å²) in [6.07, 6.45) is 7.18. The third-order valence-corrected chi connectivity index (χ3v) is 14.1. The van der Waals surface area contributed by atoms with Crippen molar-refractivity contribution in [3.8, 4) is 0 Å². The minimum absolute atomic E-state index is 0.203. The quantitative estimate of drug-likeness (QED) is 0.158. The second-order valence-electron chi connectivity index (χ2n) is 15.2. The fourth-order valence-corrected chi connectivity index (χ4v) is 11.1. The number of benzene rings is 4. The molecule has 3 heteroatoms. The van der Waals surface area contributed by atoms with Gasteiger partial charge in [-0.05, 0) is 10.8 Å². The van der Waals surface area contributed by atoms with E-state index in [4.69, 9.17) is 17.0 Å². The van der Waals surface area contributed by atoms with Crippen LogP contribution in [0.4, 0.5) is 0 Å². The van der Waals surface area contributed by atoms with Gasteiger partial charge >= 0.3 is 111 Å². The molecule has 6 aromatic carbocycles. The molecule has 0 saturated heterocycles. The molecule has 0 bridgehead atoms. The molecule has 0 N–H and O–H groups in total. The van der Waals surface area contributed by atoms with Crippen molar-refractivity contribution in [2.75, 3.05) is 0 Å². The molecule has 7 rings (SSSR count). The van der Waals surface area contributed by atoms with Gasteiger partial charge in [-0.2, -0.15) is 23.8 Å². The van der Waals surface area contributed by atoms with E-state index in [1.54, 1.807) is 5.56 Å². The van der Waals surface area contributed by atoms with E-state index in [9.17, 15) is 0 Å². The van der Waals surface area contributed by atoms with E-state index in [1.807, 2.05) is 36.4 Å². The van der Waals surface area contributed by atoms with E-state index < -0.39 is 18.9 Å². The predicted octanol–water partition coefficient (Wildman–Crippen LogP) is 13.9. The zero-order valence-electron chi connectivity index (χ0n) is 29.5. The first-order valence-electron chi connectivity index (χ1n) is 17.4. The maximum atomic E-state index is 6.24. The maximum absolute atomic E-state index is 6.24. The molecular formula is C45H50Cl2Zr-2. The van der Waals surface area contributed by atoms with Crippen LogP contribution in [0.25, 0.3) is 21.5 Å². The van der Waals surface area contributed by atoms with Crippen LogP contribution in [0.5, 0.6) is 0 Å². The summed E-state index contributed by atoms with van der Waals surface area (Å²) in [7, 11) is 12.5. The zero-order valence-corrected chi connectivity index (χ0v) is 33.5. The molecule has 48 heavy (non-hydrogen) atoms. The van der Waals surface area contributed by atoms with Gasteiger partial charge in [-0.1, -0.05) is 115 Å². The van der Waals surface area contributed by atoms with Crippen LogP contribution in [-0.4, -0.2) is 3.21 Å². The topological polar surface area (TPSA) is 0 Å². The Bertz CT molecular complexity index is 1790. The largest absolute Gasteiger partial charge is 0.210 e. The van der Waals surface area contributed by atoms with Crippen molar-refractivity contribution >= 4 is 41.8 Å². The van der Waals surface area contributed by atoms with Gasteiger partial charge in [-0.15, -0.1) is 39.7 Å². The first kappa shape index (κ1) is 36.7. The number of halogens is 2. The van der Waals surface area contributed by atoms with Crippen LogP contribution in [0.2, 0.25) is 0 Å². The molecule has 0 aliphatic heterocycles. The summed E-state index contributed by atoms with van der Waals surface area (Å²) in [6, 6.07) is 45.3. The maximum Gasteiger partial charge on any atom is -0.0533 e. The Labute approximate surface area is 304 Å². The molecule has 6 aromatic rings. The Morgan fingerprint density at radius 2 is 1.10 bits per heavy atom. The van der Waals surface area contributed by atoms with Crippen molar-refractivity contribution in [3.05, 3.63) is 155 Å². The van der Waals surface area contributed by atoms with Gasteiger partial charge in [-0.25, -0.2) is 6.07 Å². The fourth-order valence-electron chi connectivity index (χ4n) is 6.65. The average Bonchev–Trinajstić information content (AvgIpc) is 3.74. The summed E-state index contributed by atoms with van der Waals surface area (Å²) in [5, 5.41) is 5.48. The van der Waals surface area contributed by atoms with Crippen LogP contribution >= 0.6 is 17.0 Å². The Balaban J connectivity index is 0.000000148. The molecule has 0 atom stereocenters. The average molecular weight is 753 g/mol. The fraction of sp³-hybridized carbons (Fsp3) is 0.311. The first-order chi connectivity index (χ1) is 22.9. The molecule has 250 valence electrons. The van der Waals surface area contributed by atoms with Gasteiger partial charge in [0.25, 0.3) is 0 Å². The van der Waals surface area contributed by atoms with Gasteiger partial charge in [0.15, 0.2) is 0 Å². The summed E-state index contributed by atoms with van der Waals surface area (Å²) in [6.45, 7) is 13.6. The number of rotatable bonds is 3. The van der Waals surface area contributed by atoms with Gasteiger partial charge in [-0.3, -0.25) is 0 Å². The molecule has 0 nitrogen and oxygen atoms in total. The van der Waals surface area contributed by atoms with Crippen molar-refractivity contribution in [1.82, 2.24) is 0 Å². The summed E-state index contributed by atoms with van der Waals surface area (Å²) in [4.78, 5) is 0. The molecule has 0 heterocycles. The van der Waals surface area contributed by atoms with E-state index in [2.05, 4.69) is 133 Å². The van der Waals surface area contributed by atoms with Gasteiger partial charge in [0, 0.05) is 0 Å². The van der Waals surface area contributed by atoms with Gasteiger partial charge in [0.2, 0.25) is 0 Å². The van der Waals surface area contributed by atoms with Crippen molar-refractivity contribution < 1.29 is 18.9 Å². The molecule has 1 fully saturated rings. The van der Waals surface area contributed by atoms with Crippen LogP contribution in [0.15, 0.2) is 127 Å². The number of fused-ring (bicyclic) bond motifs is 3. The van der Waals surface area contributed by atoms with Crippen LogP contribution in [0.1, 0.15) is 107 Å². The Morgan fingerprint density at radius 1 is 0.625 bits per heavy atom. The summed E-state index contributed by atoms with van der Waals surface area (Å²) >= 11 is -2.44. The molecule has 1 aliphatic rings. The molecule has 0 aromatic heterocycles. The van der Waals surface area contributed by atoms with E-state index >= 15 is 0 Å². The Morgan fingerprint density at radius 3 is 1.50 bits per heavy atom. The van der Waals surface area contributed by atoms with Crippen LogP contribution in [-0.2, 0) is 29.7 Å². The van der Waals surface area contributed by atoms with E-state index in [0.29, 0.717) is 0 Å². The van der Waals surface area contributed by atoms with Crippen LogP contribution < -0.4 is 0 Å². The van der Waals surface area contributed by atoms with Crippen LogP contribution in [0.3, 0.4) is 0 Å². The third-order valence-electron chi connectivity index (χ3n) is 9.52. The monoisotopic (exact) mass is 750 g/mol. The molecule has 0 spiro atoms.